The Bertz CT molecular complexity index is 1780. The van der Waals surface area contributed by atoms with Gasteiger partial charge in [-0.05, 0) is 46.0 Å². The lowest BCUT2D eigenvalue weighted by Gasteiger charge is -2.16. The van der Waals surface area contributed by atoms with Crippen LogP contribution in [0.3, 0.4) is 0 Å². The first-order valence-corrected chi connectivity index (χ1v) is 14.5. The van der Waals surface area contributed by atoms with Gasteiger partial charge in [0.25, 0.3) is 0 Å². The Morgan fingerprint density at radius 3 is 2.34 bits per heavy atom. The molecule has 1 atom stereocenters. The van der Waals surface area contributed by atoms with Crippen molar-refractivity contribution in [2.45, 2.75) is 18.7 Å². The van der Waals surface area contributed by atoms with Crippen LogP contribution in [0.15, 0.2) is 97.1 Å². The molecule has 0 saturated carbocycles. The molecule has 6 rings (SSSR count). The van der Waals surface area contributed by atoms with Crippen LogP contribution in [0.2, 0.25) is 5.02 Å². The molecular weight excluding hydrogens is 587 g/mol. The van der Waals surface area contributed by atoms with Gasteiger partial charge in [-0.1, -0.05) is 84.4 Å². The number of hydrogen-bond donors (Lipinski definition) is 4. The fourth-order valence-corrected chi connectivity index (χ4v) is 5.65. The molecule has 10 heteroatoms. The second-order valence-corrected chi connectivity index (χ2v) is 10.9. The van der Waals surface area contributed by atoms with E-state index in [1.807, 2.05) is 36.4 Å². The van der Waals surface area contributed by atoms with Crippen LogP contribution >= 0.6 is 11.6 Å². The minimum atomic E-state index is -4.57. The second kappa shape index (κ2) is 12.6. The summed E-state index contributed by atoms with van der Waals surface area (Å²) in [7, 11) is 0. The Morgan fingerprint density at radius 2 is 1.55 bits per heavy atom. The molecule has 1 aromatic heterocycles. The molecule has 0 amide bonds. The van der Waals surface area contributed by atoms with E-state index in [2.05, 4.69) is 62.3 Å². The highest BCUT2D eigenvalue weighted by Gasteiger charge is 2.33. The van der Waals surface area contributed by atoms with Crippen molar-refractivity contribution in [3.05, 3.63) is 124 Å². The van der Waals surface area contributed by atoms with Crippen LogP contribution < -0.4 is 16.0 Å². The third kappa shape index (κ3) is 6.49. The highest BCUT2D eigenvalue weighted by Crippen LogP contribution is 2.40. The Labute approximate surface area is 258 Å². The monoisotopic (exact) mass is 615 g/mol. The van der Waals surface area contributed by atoms with Gasteiger partial charge in [0, 0.05) is 43.4 Å². The summed E-state index contributed by atoms with van der Waals surface area (Å²) >= 11 is 6.01. The molecule has 4 aromatic carbocycles. The SMILES string of the molecule is O[C@@H](CNc1cc(-c2ccc(C(F)(F)F)c(Cl)c2)nc(NCCNc2cccc3c2Cc2ccccc2-3)n1)c1ccccc1. The summed E-state index contributed by atoms with van der Waals surface area (Å²) in [4.78, 5) is 9.11. The predicted molar refractivity (Wildman–Crippen MR) is 169 cm³/mol. The first-order valence-electron chi connectivity index (χ1n) is 14.2. The van der Waals surface area contributed by atoms with Gasteiger partial charge in [-0.2, -0.15) is 18.2 Å². The summed E-state index contributed by atoms with van der Waals surface area (Å²) < 4.78 is 39.9. The summed E-state index contributed by atoms with van der Waals surface area (Å²) in [6, 6.07) is 29.0. The van der Waals surface area contributed by atoms with Crippen molar-refractivity contribution in [3.63, 3.8) is 0 Å². The maximum Gasteiger partial charge on any atom is 0.417 e. The highest BCUT2D eigenvalue weighted by molar-refractivity contribution is 6.31. The summed E-state index contributed by atoms with van der Waals surface area (Å²) in [5, 5.41) is 20.1. The number of alkyl halides is 3. The quantitative estimate of drug-likeness (QED) is 0.117. The molecule has 0 unspecified atom stereocenters. The Hall–Kier alpha value is -4.60. The molecule has 1 aliphatic rings. The van der Waals surface area contributed by atoms with E-state index >= 15 is 0 Å². The van der Waals surface area contributed by atoms with Gasteiger partial charge >= 0.3 is 6.18 Å². The number of rotatable bonds is 10. The van der Waals surface area contributed by atoms with E-state index in [1.165, 1.54) is 34.4 Å². The third-order valence-electron chi connectivity index (χ3n) is 7.53. The van der Waals surface area contributed by atoms with Crippen LogP contribution in [0.25, 0.3) is 22.4 Å². The fraction of sp³-hybridized carbons (Fsp3) is 0.176. The van der Waals surface area contributed by atoms with E-state index in [1.54, 1.807) is 6.07 Å². The van der Waals surface area contributed by atoms with E-state index in [0.717, 1.165) is 23.7 Å². The smallest absolute Gasteiger partial charge is 0.387 e. The standard InChI is InChI=1S/C34H29ClF3N5O/c35-28-18-23(13-14-27(28)34(36,37)38)30-19-32(41-20-31(44)21-7-2-1-3-8-21)43-33(42-30)40-16-15-39-29-12-6-11-25-24-10-5-4-9-22(24)17-26(25)29/h1-14,18-19,31,39,44H,15-17,20H2,(H2,40,41,42,43)/t31-/m0/s1. The fourth-order valence-electron chi connectivity index (χ4n) is 5.36. The molecule has 0 radical (unpaired) electrons. The van der Waals surface area contributed by atoms with Crippen molar-refractivity contribution in [2.24, 2.45) is 0 Å². The van der Waals surface area contributed by atoms with E-state index in [4.69, 9.17) is 11.6 Å². The van der Waals surface area contributed by atoms with Crippen LogP contribution in [-0.4, -0.2) is 34.7 Å². The van der Waals surface area contributed by atoms with Gasteiger partial charge in [0.05, 0.1) is 22.4 Å². The topological polar surface area (TPSA) is 82.1 Å². The first kappa shape index (κ1) is 29.5. The van der Waals surface area contributed by atoms with Gasteiger partial charge in [-0.25, -0.2) is 4.98 Å². The van der Waals surface area contributed by atoms with Crippen molar-refractivity contribution in [1.82, 2.24) is 9.97 Å². The second-order valence-electron chi connectivity index (χ2n) is 10.5. The van der Waals surface area contributed by atoms with E-state index in [9.17, 15) is 18.3 Å². The molecule has 0 bridgehead atoms. The largest absolute Gasteiger partial charge is 0.417 e. The summed E-state index contributed by atoms with van der Waals surface area (Å²) in [5.74, 6) is 0.679. The molecule has 4 N–H and O–H groups in total. The molecule has 0 fully saturated rings. The molecule has 0 saturated heterocycles. The molecule has 0 aliphatic heterocycles. The zero-order chi connectivity index (χ0) is 30.7. The minimum Gasteiger partial charge on any atom is -0.387 e. The Morgan fingerprint density at radius 1 is 0.795 bits per heavy atom. The van der Waals surface area contributed by atoms with Crippen LogP contribution in [0.5, 0.6) is 0 Å². The number of benzene rings is 4. The lowest BCUT2D eigenvalue weighted by atomic mass is 10.1. The minimum absolute atomic E-state index is 0.163. The van der Waals surface area contributed by atoms with Gasteiger partial charge in [0.15, 0.2) is 0 Å². The van der Waals surface area contributed by atoms with Gasteiger partial charge < -0.3 is 21.1 Å². The summed E-state index contributed by atoms with van der Waals surface area (Å²) in [6.45, 7) is 1.21. The normalized spacial score (nSPS) is 12.8. The van der Waals surface area contributed by atoms with Crippen LogP contribution in [0, 0.1) is 0 Å². The number of fused-ring (bicyclic) bond motifs is 3. The number of halogens is 4. The van der Waals surface area contributed by atoms with E-state index < -0.39 is 22.9 Å². The number of aromatic nitrogens is 2. The van der Waals surface area contributed by atoms with Crippen LogP contribution in [-0.2, 0) is 12.6 Å². The van der Waals surface area contributed by atoms with Gasteiger partial charge in [-0.15, -0.1) is 0 Å². The van der Waals surface area contributed by atoms with Crippen LogP contribution in [0.1, 0.15) is 28.4 Å². The molecule has 0 spiro atoms. The van der Waals surface area contributed by atoms with Crippen molar-refractivity contribution < 1.29 is 18.3 Å². The lowest BCUT2D eigenvalue weighted by molar-refractivity contribution is -0.137. The zero-order valence-corrected chi connectivity index (χ0v) is 24.3. The lowest BCUT2D eigenvalue weighted by Crippen LogP contribution is -2.17. The number of anilines is 3. The van der Waals surface area contributed by atoms with Gasteiger partial charge in [0.2, 0.25) is 5.95 Å². The number of aliphatic hydroxyl groups is 1. The van der Waals surface area contributed by atoms with Crippen molar-refractivity contribution in [2.75, 3.05) is 35.6 Å². The molecule has 5 aromatic rings. The molecular formula is C34H29ClF3N5O. The summed E-state index contributed by atoms with van der Waals surface area (Å²) in [5.41, 5.74) is 6.72. The number of aliphatic hydroxyl groups excluding tert-OH is 1. The maximum atomic E-state index is 13.3. The Balaban J connectivity index is 1.18. The van der Waals surface area contributed by atoms with E-state index in [-0.39, 0.29) is 12.5 Å². The van der Waals surface area contributed by atoms with E-state index in [0.29, 0.717) is 30.2 Å². The molecule has 6 nitrogen and oxygen atoms in total. The predicted octanol–water partition coefficient (Wildman–Crippen LogP) is 8.06. The maximum absolute atomic E-state index is 13.3. The van der Waals surface area contributed by atoms with Crippen molar-refractivity contribution >= 4 is 29.1 Å². The molecule has 1 heterocycles. The number of nitrogens with one attached hydrogen (secondary N) is 3. The Kier molecular flexibility index (Phi) is 8.41. The van der Waals surface area contributed by atoms with Gasteiger partial charge in [0.1, 0.15) is 5.82 Å². The zero-order valence-electron chi connectivity index (χ0n) is 23.5. The summed E-state index contributed by atoms with van der Waals surface area (Å²) in [6.07, 6.45) is -4.50. The number of hydrogen-bond acceptors (Lipinski definition) is 6. The molecule has 224 valence electrons. The highest BCUT2D eigenvalue weighted by atomic mass is 35.5. The average Bonchev–Trinajstić information content (AvgIpc) is 3.41. The third-order valence-corrected chi connectivity index (χ3v) is 7.84. The van der Waals surface area contributed by atoms with Crippen LogP contribution in [0.4, 0.5) is 30.6 Å². The van der Waals surface area contributed by atoms with Gasteiger partial charge in [-0.3, -0.25) is 0 Å². The average molecular weight is 616 g/mol. The number of nitrogens with zero attached hydrogens (tertiary/aromatic N) is 2. The molecule has 1 aliphatic carbocycles. The van der Waals surface area contributed by atoms with Crippen molar-refractivity contribution in [3.8, 4) is 22.4 Å². The van der Waals surface area contributed by atoms with Crippen molar-refractivity contribution in [1.29, 1.82) is 0 Å². The molecule has 44 heavy (non-hydrogen) atoms. The first-order chi connectivity index (χ1) is 21.3.